The number of nitrogens with one attached hydrogen (secondary N) is 3. The zero-order chi connectivity index (χ0) is 31.1. The Kier molecular flexibility index (Phi) is 9.97. The molecule has 44 heavy (non-hydrogen) atoms. The summed E-state index contributed by atoms with van der Waals surface area (Å²) in [4.78, 5) is 40.6. The minimum absolute atomic E-state index is 0.0321. The van der Waals surface area contributed by atoms with Crippen molar-refractivity contribution < 1.29 is 29.3 Å². The Morgan fingerprint density at radius 1 is 0.932 bits per heavy atom. The number of aryl methyl sites for hydroxylation is 1. The smallest absolute Gasteiger partial charge is 0.249 e. The van der Waals surface area contributed by atoms with E-state index in [1.807, 2.05) is 73.7 Å². The van der Waals surface area contributed by atoms with Gasteiger partial charge in [0.1, 0.15) is 30.1 Å². The molecule has 0 bridgehead atoms. The molecule has 9 nitrogen and oxygen atoms in total. The summed E-state index contributed by atoms with van der Waals surface area (Å²) in [5.41, 5.74) is 2.47. The van der Waals surface area contributed by atoms with Crippen LogP contribution in [-0.2, 0) is 27.3 Å². The fraction of sp³-hybridized carbons (Fsp3) is 0.400. The van der Waals surface area contributed by atoms with Crippen molar-refractivity contribution in [3.05, 3.63) is 101 Å². The van der Waals surface area contributed by atoms with Crippen molar-refractivity contribution in [2.24, 2.45) is 5.92 Å². The van der Waals surface area contributed by atoms with Gasteiger partial charge in [0.2, 0.25) is 17.7 Å². The molecular formula is C35H41N3O6. The summed E-state index contributed by atoms with van der Waals surface area (Å²) in [5, 5.41) is 30.6. The maximum absolute atomic E-state index is 13.7. The number of hydrogen-bond acceptors (Lipinski definition) is 6. The minimum Gasteiger partial charge on any atom is -0.490 e. The van der Waals surface area contributed by atoms with E-state index in [0.29, 0.717) is 30.7 Å². The van der Waals surface area contributed by atoms with Gasteiger partial charge in [0, 0.05) is 18.0 Å². The minimum atomic E-state index is -1.52. The number of para-hydroxylation sites is 1. The van der Waals surface area contributed by atoms with Crippen LogP contribution in [0.5, 0.6) is 5.75 Å². The summed E-state index contributed by atoms with van der Waals surface area (Å²) >= 11 is 0. The van der Waals surface area contributed by atoms with E-state index in [9.17, 15) is 24.6 Å². The Labute approximate surface area is 258 Å². The van der Waals surface area contributed by atoms with Crippen molar-refractivity contribution in [1.82, 2.24) is 16.0 Å². The van der Waals surface area contributed by atoms with Crippen LogP contribution in [0.4, 0.5) is 0 Å². The zero-order valence-corrected chi connectivity index (χ0v) is 25.0. The van der Waals surface area contributed by atoms with Crippen molar-refractivity contribution in [3.63, 3.8) is 0 Å². The molecule has 1 fully saturated rings. The zero-order valence-electron chi connectivity index (χ0n) is 25.0. The third-order valence-corrected chi connectivity index (χ3v) is 8.81. The lowest BCUT2D eigenvalue weighted by Gasteiger charge is -2.33. The molecule has 1 aliphatic heterocycles. The molecule has 5 rings (SSSR count). The molecule has 1 heterocycles. The second kappa shape index (κ2) is 14.1. The van der Waals surface area contributed by atoms with Crippen LogP contribution in [0.2, 0.25) is 0 Å². The molecule has 3 aromatic carbocycles. The Balaban J connectivity index is 1.28. The number of carbonyl (C=O) groups excluding carboxylic acids is 3. The van der Waals surface area contributed by atoms with Crippen molar-refractivity contribution in [2.45, 2.75) is 75.8 Å². The molecule has 2 aliphatic rings. The molecule has 3 aromatic rings. The van der Waals surface area contributed by atoms with E-state index >= 15 is 0 Å². The number of hydrogen-bond donors (Lipinski definition) is 5. The predicted molar refractivity (Wildman–Crippen MR) is 165 cm³/mol. The Morgan fingerprint density at radius 2 is 1.61 bits per heavy atom. The summed E-state index contributed by atoms with van der Waals surface area (Å²) in [6.45, 7) is 2.35. The molecule has 0 saturated heterocycles. The van der Waals surface area contributed by atoms with Gasteiger partial charge in [-0.05, 0) is 55.4 Å². The molecule has 0 spiro atoms. The van der Waals surface area contributed by atoms with Gasteiger partial charge in [-0.1, -0.05) is 85.6 Å². The molecule has 0 radical (unpaired) electrons. The van der Waals surface area contributed by atoms with E-state index in [1.54, 1.807) is 12.1 Å². The summed E-state index contributed by atoms with van der Waals surface area (Å²) in [5.74, 6) is -1.54. The maximum atomic E-state index is 13.7. The first-order valence-electron chi connectivity index (χ1n) is 15.3. The fourth-order valence-electron chi connectivity index (χ4n) is 6.21. The lowest BCUT2D eigenvalue weighted by molar-refractivity contribution is -0.139. The van der Waals surface area contributed by atoms with Crippen LogP contribution in [0, 0.1) is 12.8 Å². The van der Waals surface area contributed by atoms with E-state index in [2.05, 4.69) is 16.0 Å². The fourth-order valence-corrected chi connectivity index (χ4v) is 6.21. The van der Waals surface area contributed by atoms with Crippen molar-refractivity contribution in [1.29, 1.82) is 0 Å². The number of carbonyl (C=O) groups is 3. The maximum Gasteiger partial charge on any atom is 0.249 e. The topological polar surface area (TPSA) is 137 Å². The van der Waals surface area contributed by atoms with Gasteiger partial charge in [0.25, 0.3) is 0 Å². The van der Waals surface area contributed by atoms with E-state index in [4.69, 9.17) is 4.74 Å². The standard InChI is InChI=1S/C35H41N3O6/c1-23-11-5-6-14-25(23)21-36-34(43)35(17-9-10-18-35)38-33(42)28(39)20-26(19-24-12-3-2-4-13-24)32(41)37-31-27-15-7-8-16-30(27)44-22-29(31)40/h2-8,11-16,26,28-29,31,39-40H,9-10,17-22H2,1H3,(H,36,43)(H,37,41)(H,38,42)/t26-,28-,29+,31-/m0/s1. The first-order chi connectivity index (χ1) is 21.3. The second-order valence-corrected chi connectivity index (χ2v) is 11.9. The second-order valence-electron chi connectivity index (χ2n) is 11.9. The molecular weight excluding hydrogens is 558 g/mol. The van der Waals surface area contributed by atoms with Gasteiger partial charge in [0.05, 0.1) is 6.04 Å². The molecule has 4 atom stereocenters. The first kappa shape index (κ1) is 31.2. The summed E-state index contributed by atoms with van der Waals surface area (Å²) in [6, 6.07) is 23.7. The number of aliphatic hydroxyl groups excluding tert-OH is 2. The van der Waals surface area contributed by atoms with Gasteiger partial charge in [-0.3, -0.25) is 14.4 Å². The molecule has 0 aromatic heterocycles. The molecule has 1 saturated carbocycles. The molecule has 0 unspecified atom stereocenters. The van der Waals surface area contributed by atoms with Gasteiger partial charge < -0.3 is 30.9 Å². The number of aliphatic hydroxyl groups is 2. The van der Waals surface area contributed by atoms with Gasteiger partial charge >= 0.3 is 0 Å². The van der Waals surface area contributed by atoms with E-state index in [-0.39, 0.29) is 25.4 Å². The lowest BCUT2D eigenvalue weighted by Crippen LogP contribution is -2.59. The quantitative estimate of drug-likeness (QED) is 0.230. The number of ether oxygens (including phenoxy) is 1. The van der Waals surface area contributed by atoms with E-state index in [0.717, 1.165) is 29.5 Å². The van der Waals surface area contributed by atoms with E-state index < -0.39 is 41.5 Å². The highest BCUT2D eigenvalue weighted by molar-refractivity contribution is 5.93. The third kappa shape index (κ3) is 7.29. The van der Waals surface area contributed by atoms with Crippen LogP contribution >= 0.6 is 0 Å². The number of benzene rings is 3. The summed E-state index contributed by atoms with van der Waals surface area (Å²) in [7, 11) is 0. The highest BCUT2D eigenvalue weighted by atomic mass is 16.5. The summed E-state index contributed by atoms with van der Waals surface area (Å²) in [6.07, 6.45) is 0.140. The van der Waals surface area contributed by atoms with Crippen LogP contribution in [0.1, 0.15) is 60.4 Å². The van der Waals surface area contributed by atoms with Gasteiger partial charge in [-0.15, -0.1) is 0 Å². The van der Waals surface area contributed by atoms with Gasteiger partial charge in [-0.2, -0.15) is 0 Å². The number of amides is 3. The highest BCUT2D eigenvalue weighted by Gasteiger charge is 2.44. The SMILES string of the molecule is Cc1ccccc1CNC(=O)C1(NC(=O)[C@@H](O)C[C@H](Cc2ccccc2)C(=O)N[C@H]2c3ccccc3OC[C@H]2O)CCCC1. The average molecular weight is 600 g/mol. The number of rotatable bonds is 11. The summed E-state index contributed by atoms with van der Waals surface area (Å²) < 4.78 is 5.61. The highest BCUT2D eigenvalue weighted by Crippen LogP contribution is 2.33. The Morgan fingerprint density at radius 3 is 2.36 bits per heavy atom. The van der Waals surface area contributed by atoms with Crippen molar-refractivity contribution >= 4 is 17.7 Å². The third-order valence-electron chi connectivity index (χ3n) is 8.81. The van der Waals surface area contributed by atoms with Crippen LogP contribution in [0.25, 0.3) is 0 Å². The monoisotopic (exact) mass is 599 g/mol. The van der Waals surface area contributed by atoms with Gasteiger partial charge in [-0.25, -0.2) is 0 Å². The molecule has 1 aliphatic carbocycles. The lowest BCUT2D eigenvalue weighted by atomic mass is 9.90. The predicted octanol–water partition coefficient (Wildman–Crippen LogP) is 3.26. The molecule has 9 heteroatoms. The molecule has 5 N–H and O–H groups in total. The Hall–Kier alpha value is -4.21. The normalized spacial score (nSPS) is 20.0. The van der Waals surface area contributed by atoms with Crippen molar-refractivity contribution in [3.8, 4) is 5.75 Å². The Bertz CT molecular complexity index is 1460. The molecule has 3 amide bonds. The first-order valence-corrected chi connectivity index (χ1v) is 15.3. The van der Waals surface area contributed by atoms with Gasteiger partial charge in [0.15, 0.2) is 0 Å². The number of fused-ring (bicyclic) bond motifs is 1. The van der Waals surface area contributed by atoms with Crippen molar-refractivity contribution in [2.75, 3.05) is 6.61 Å². The van der Waals surface area contributed by atoms with Crippen LogP contribution in [0.3, 0.4) is 0 Å². The average Bonchev–Trinajstić information content (AvgIpc) is 3.51. The van der Waals surface area contributed by atoms with E-state index in [1.165, 1.54) is 0 Å². The van der Waals surface area contributed by atoms with Crippen LogP contribution in [-0.4, -0.2) is 52.3 Å². The largest absolute Gasteiger partial charge is 0.490 e. The molecule has 232 valence electrons. The van der Waals surface area contributed by atoms with Crippen LogP contribution in [0.15, 0.2) is 78.9 Å². The van der Waals surface area contributed by atoms with Crippen LogP contribution < -0.4 is 20.7 Å².